The number of aliphatic hydroxyl groups is 1. The molecule has 1 aliphatic heterocycles. The normalized spacial score (nSPS) is 16.8. The van der Waals surface area contributed by atoms with Crippen molar-refractivity contribution < 1.29 is 18.8 Å². The predicted octanol–water partition coefficient (Wildman–Crippen LogP) is 7.73. The molecular weight excluding hydrogens is 482 g/mol. The van der Waals surface area contributed by atoms with Crippen LogP contribution in [0.5, 0.6) is 0 Å². The van der Waals surface area contributed by atoms with Crippen LogP contribution < -0.4 is 4.57 Å². The standard InChI is InChI=1S/C35H36NO3/c1-22(20-37)34-27(15-17-38-5)33-26-12-7-6-10-24(26)30(35(2,3)4)19-28(33)31-18-23(14-16-36(31)34)29-21-39-32-13-9-8-11-25(29)32/h6-14,16,18-19,21,27,34,37H,1,15,17,20H2,2-5H3/q+1. The molecule has 1 N–H and O–H groups in total. The molecule has 2 unspecified atom stereocenters. The first-order chi connectivity index (χ1) is 18.8. The number of benzene rings is 3. The van der Waals surface area contributed by atoms with Gasteiger partial charge >= 0.3 is 0 Å². The molecule has 5 aromatic rings. The van der Waals surface area contributed by atoms with E-state index < -0.39 is 0 Å². The molecule has 3 heterocycles. The summed E-state index contributed by atoms with van der Waals surface area (Å²) in [5, 5.41) is 14.0. The first-order valence-electron chi connectivity index (χ1n) is 13.7. The lowest BCUT2D eigenvalue weighted by Crippen LogP contribution is -2.49. The molecule has 3 aromatic carbocycles. The number of fused-ring (bicyclic) bond motifs is 6. The number of nitrogens with zero attached hydrogens (tertiary/aromatic N) is 1. The Morgan fingerprint density at radius 2 is 1.69 bits per heavy atom. The molecule has 0 aliphatic carbocycles. The molecule has 0 saturated heterocycles. The first kappa shape index (κ1) is 25.5. The molecule has 198 valence electrons. The predicted molar refractivity (Wildman–Crippen MR) is 158 cm³/mol. The number of para-hydroxylation sites is 1. The highest BCUT2D eigenvalue weighted by molar-refractivity contribution is 5.97. The summed E-state index contributed by atoms with van der Waals surface area (Å²) in [6.07, 6.45) is 4.84. The molecule has 2 aromatic heterocycles. The molecule has 4 nitrogen and oxygen atoms in total. The van der Waals surface area contributed by atoms with Gasteiger partial charge in [0.2, 0.25) is 5.69 Å². The molecule has 6 rings (SSSR count). The average Bonchev–Trinajstić information content (AvgIpc) is 3.38. The van der Waals surface area contributed by atoms with Crippen LogP contribution in [-0.4, -0.2) is 25.4 Å². The number of aromatic nitrogens is 1. The van der Waals surface area contributed by atoms with E-state index in [1.54, 1.807) is 7.11 Å². The highest BCUT2D eigenvalue weighted by atomic mass is 16.5. The van der Waals surface area contributed by atoms with Gasteiger partial charge in [-0.3, -0.25) is 0 Å². The summed E-state index contributed by atoms with van der Waals surface area (Å²) >= 11 is 0. The maximum atomic E-state index is 10.3. The molecule has 0 spiro atoms. The van der Waals surface area contributed by atoms with E-state index in [9.17, 15) is 5.11 Å². The van der Waals surface area contributed by atoms with E-state index in [1.807, 2.05) is 24.5 Å². The Morgan fingerprint density at radius 3 is 2.41 bits per heavy atom. The van der Waals surface area contributed by atoms with E-state index in [0.29, 0.717) is 6.61 Å². The summed E-state index contributed by atoms with van der Waals surface area (Å²) in [6.45, 7) is 11.8. The molecule has 39 heavy (non-hydrogen) atoms. The molecule has 4 heteroatoms. The third kappa shape index (κ3) is 4.19. The lowest BCUT2D eigenvalue weighted by molar-refractivity contribution is -0.709. The Balaban J connectivity index is 1.69. The van der Waals surface area contributed by atoms with E-state index in [2.05, 4.69) is 86.6 Å². The van der Waals surface area contributed by atoms with Gasteiger partial charge in [0.05, 0.1) is 24.4 Å². The maximum absolute atomic E-state index is 10.3. The van der Waals surface area contributed by atoms with E-state index in [1.165, 1.54) is 27.5 Å². The fourth-order valence-electron chi connectivity index (χ4n) is 6.44. The summed E-state index contributed by atoms with van der Waals surface area (Å²) in [7, 11) is 1.75. The van der Waals surface area contributed by atoms with Crippen LogP contribution in [0.25, 0.3) is 44.1 Å². The summed E-state index contributed by atoms with van der Waals surface area (Å²) in [5.41, 5.74) is 8.82. The Hall–Kier alpha value is -3.73. The highest BCUT2D eigenvalue weighted by Gasteiger charge is 2.43. The van der Waals surface area contributed by atoms with Crippen molar-refractivity contribution in [2.45, 2.75) is 44.6 Å². The third-order valence-electron chi connectivity index (χ3n) is 8.25. The van der Waals surface area contributed by atoms with Crippen LogP contribution in [0.1, 0.15) is 50.3 Å². The zero-order valence-electron chi connectivity index (χ0n) is 23.2. The van der Waals surface area contributed by atoms with E-state index in [4.69, 9.17) is 9.15 Å². The molecule has 0 radical (unpaired) electrons. The second-order valence-corrected chi connectivity index (χ2v) is 11.7. The van der Waals surface area contributed by atoms with Gasteiger partial charge in [-0.15, -0.1) is 0 Å². The lowest BCUT2D eigenvalue weighted by atomic mass is 9.73. The van der Waals surface area contributed by atoms with Gasteiger partial charge in [-0.25, -0.2) is 0 Å². The van der Waals surface area contributed by atoms with Crippen molar-refractivity contribution in [2.24, 2.45) is 0 Å². The van der Waals surface area contributed by atoms with Crippen molar-refractivity contribution in [3.05, 3.63) is 102 Å². The van der Waals surface area contributed by atoms with E-state index in [0.717, 1.165) is 39.8 Å². The topological polar surface area (TPSA) is 46.5 Å². The van der Waals surface area contributed by atoms with Crippen LogP contribution in [0.2, 0.25) is 0 Å². The highest BCUT2D eigenvalue weighted by Crippen LogP contribution is 2.49. The summed E-state index contributed by atoms with van der Waals surface area (Å²) < 4.78 is 13.8. The number of hydrogen-bond acceptors (Lipinski definition) is 3. The number of ether oxygens (including phenoxy) is 1. The van der Waals surface area contributed by atoms with Crippen molar-refractivity contribution in [1.29, 1.82) is 0 Å². The minimum absolute atomic E-state index is 0.0363. The zero-order valence-corrected chi connectivity index (χ0v) is 23.2. The molecular formula is C35H36NO3+. The Labute approximate surface area is 230 Å². The Bertz CT molecular complexity index is 1700. The number of rotatable bonds is 6. The number of furan rings is 1. The number of aliphatic hydroxyl groups excluding tert-OH is 1. The van der Waals surface area contributed by atoms with Crippen LogP contribution in [0.3, 0.4) is 0 Å². The van der Waals surface area contributed by atoms with Crippen molar-refractivity contribution in [1.82, 2.24) is 0 Å². The fourth-order valence-corrected chi connectivity index (χ4v) is 6.44. The van der Waals surface area contributed by atoms with Crippen molar-refractivity contribution in [2.75, 3.05) is 20.3 Å². The van der Waals surface area contributed by atoms with E-state index >= 15 is 0 Å². The fraction of sp³-hybridized carbons (Fsp3) is 0.286. The minimum atomic E-state index is -0.0910. The van der Waals surface area contributed by atoms with Gasteiger partial charge in [0, 0.05) is 42.4 Å². The van der Waals surface area contributed by atoms with Gasteiger partial charge in [-0.1, -0.05) is 69.8 Å². The summed E-state index contributed by atoms with van der Waals surface area (Å²) in [6, 6.07) is 23.7. The van der Waals surface area contributed by atoms with Gasteiger partial charge in [0.1, 0.15) is 5.58 Å². The minimum Gasteiger partial charge on any atom is -0.464 e. The monoisotopic (exact) mass is 518 g/mol. The van der Waals surface area contributed by atoms with Gasteiger partial charge < -0.3 is 14.3 Å². The second-order valence-electron chi connectivity index (χ2n) is 11.7. The van der Waals surface area contributed by atoms with Gasteiger partial charge in [-0.2, -0.15) is 4.57 Å². The first-order valence-corrected chi connectivity index (χ1v) is 13.7. The van der Waals surface area contributed by atoms with Crippen LogP contribution in [0, 0.1) is 0 Å². The molecule has 0 bridgehead atoms. The zero-order chi connectivity index (χ0) is 27.3. The number of methoxy groups -OCH3 is 1. The molecule has 1 aliphatic rings. The Morgan fingerprint density at radius 1 is 0.974 bits per heavy atom. The molecule has 2 atom stereocenters. The number of pyridine rings is 1. The second kappa shape index (κ2) is 9.78. The van der Waals surface area contributed by atoms with Crippen LogP contribution in [0.15, 0.2) is 95.8 Å². The quantitative estimate of drug-likeness (QED) is 0.185. The smallest absolute Gasteiger partial charge is 0.213 e. The van der Waals surface area contributed by atoms with Crippen molar-refractivity contribution >= 4 is 21.7 Å². The van der Waals surface area contributed by atoms with Crippen LogP contribution in [-0.2, 0) is 10.2 Å². The maximum Gasteiger partial charge on any atom is 0.213 e. The molecule has 0 fully saturated rings. The SMILES string of the molecule is C=C(CO)C1C(CCOC)c2c(cc(C(C)(C)C)c3ccccc23)-c2cc(-c3coc4ccccc34)cc[n+]21. The van der Waals surface area contributed by atoms with Crippen LogP contribution in [0.4, 0.5) is 0 Å². The van der Waals surface area contributed by atoms with Gasteiger partial charge in [-0.05, 0) is 51.4 Å². The van der Waals surface area contributed by atoms with Crippen molar-refractivity contribution in [3.63, 3.8) is 0 Å². The Kier molecular flexibility index (Phi) is 6.41. The van der Waals surface area contributed by atoms with Crippen molar-refractivity contribution in [3.8, 4) is 22.4 Å². The van der Waals surface area contributed by atoms with E-state index in [-0.39, 0.29) is 24.0 Å². The largest absolute Gasteiger partial charge is 0.464 e. The van der Waals surface area contributed by atoms with Gasteiger partial charge in [0.25, 0.3) is 0 Å². The summed E-state index contributed by atoms with van der Waals surface area (Å²) in [4.78, 5) is 0. The van der Waals surface area contributed by atoms with Gasteiger partial charge in [0.15, 0.2) is 12.2 Å². The van der Waals surface area contributed by atoms with Crippen LogP contribution >= 0.6 is 0 Å². The third-order valence-corrected chi connectivity index (χ3v) is 8.25. The number of hydrogen-bond donors (Lipinski definition) is 1. The lowest BCUT2D eigenvalue weighted by Gasteiger charge is -2.34. The molecule has 0 amide bonds. The summed E-state index contributed by atoms with van der Waals surface area (Å²) in [5.74, 6) is 0.108. The molecule has 0 saturated carbocycles. The average molecular weight is 519 g/mol.